The first-order valence-corrected chi connectivity index (χ1v) is 6.23. The maximum atomic E-state index is 9.60. The van der Waals surface area contributed by atoms with Gasteiger partial charge in [0.1, 0.15) is 0 Å². The molecule has 1 N–H and O–H groups in total. The lowest BCUT2D eigenvalue weighted by atomic mass is 9.96. The van der Waals surface area contributed by atoms with Gasteiger partial charge in [-0.2, -0.15) is 5.10 Å². The van der Waals surface area contributed by atoms with Crippen LogP contribution < -0.4 is 0 Å². The summed E-state index contributed by atoms with van der Waals surface area (Å²) in [5, 5.41) is 14.2. The van der Waals surface area contributed by atoms with E-state index in [4.69, 9.17) is 0 Å². The summed E-state index contributed by atoms with van der Waals surface area (Å²) in [5.41, 5.74) is 3.60. The minimum absolute atomic E-state index is 0.00796. The van der Waals surface area contributed by atoms with Crippen LogP contribution in [0.2, 0.25) is 0 Å². The minimum atomic E-state index is -0.295. The highest BCUT2D eigenvalue weighted by atomic mass is 16.3. The summed E-state index contributed by atoms with van der Waals surface area (Å²) in [4.78, 5) is 0. The number of aromatic nitrogens is 2. The van der Waals surface area contributed by atoms with Gasteiger partial charge in [0, 0.05) is 17.2 Å². The van der Waals surface area contributed by atoms with Crippen LogP contribution in [0.4, 0.5) is 0 Å². The standard InChI is InChI=1S/C14H22N2O/c1-9-13(11-6-7-12(17)8-11)10(2)16(15-9)14(3,4)5/h6-7,11-12,17H,8H2,1-5H3/t11-,12+/m0/s1. The van der Waals surface area contributed by atoms with E-state index in [2.05, 4.69) is 50.5 Å². The van der Waals surface area contributed by atoms with Crippen LogP contribution in [0, 0.1) is 13.8 Å². The Morgan fingerprint density at radius 1 is 1.29 bits per heavy atom. The fourth-order valence-corrected chi connectivity index (χ4v) is 2.74. The van der Waals surface area contributed by atoms with Crippen molar-refractivity contribution >= 4 is 0 Å². The van der Waals surface area contributed by atoms with E-state index in [1.54, 1.807) is 0 Å². The lowest BCUT2D eigenvalue weighted by molar-refractivity contribution is 0.218. The summed E-state index contributed by atoms with van der Waals surface area (Å²) < 4.78 is 2.09. The number of nitrogens with zero attached hydrogens (tertiary/aromatic N) is 2. The number of rotatable bonds is 1. The van der Waals surface area contributed by atoms with E-state index >= 15 is 0 Å². The molecule has 3 nitrogen and oxygen atoms in total. The van der Waals surface area contributed by atoms with Crippen molar-refractivity contribution in [1.29, 1.82) is 0 Å². The topological polar surface area (TPSA) is 38.0 Å². The second-order valence-electron chi connectivity index (χ2n) is 5.96. The maximum absolute atomic E-state index is 9.60. The molecule has 3 heteroatoms. The van der Waals surface area contributed by atoms with Crippen LogP contribution in [0.15, 0.2) is 12.2 Å². The van der Waals surface area contributed by atoms with Crippen LogP contribution in [-0.4, -0.2) is 21.0 Å². The molecule has 1 aliphatic rings. The summed E-state index contributed by atoms with van der Waals surface area (Å²) >= 11 is 0. The SMILES string of the molecule is Cc1nn(C(C)(C)C)c(C)c1[C@H]1C=C[C@@H](O)C1. The molecule has 17 heavy (non-hydrogen) atoms. The zero-order chi connectivity index (χ0) is 12.8. The lowest BCUT2D eigenvalue weighted by Crippen LogP contribution is -2.24. The number of aryl methyl sites for hydroxylation is 1. The molecule has 0 aliphatic heterocycles. The smallest absolute Gasteiger partial charge is 0.0730 e. The second kappa shape index (κ2) is 3.98. The first-order valence-electron chi connectivity index (χ1n) is 6.23. The van der Waals surface area contributed by atoms with Crippen LogP contribution in [0.25, 0.3) is 0 Å². The number of aliphatic hydroxyl groups is 1. The Kier molecular flexibility index (Phi) is 2.90. The third-order valence-corrected chi connectivity index (χ3v) is 3.41. The molecule has 0 fully saturated rings. The molecule has 0 amide bonds. The van der Waals surface area contributed by atoms with E-state index < -0.39 is 0 Å². The number of allylic oxidation sites excluding steroid dienone is 1. The molecule has 0 spiro atoms. The molecule has 1 aliphatic carbocycles. The predicted molar refractivity (Wildman–Crippen MR) is 69.2 cm³/mol. The third-order valence-electron chi connectivity index (χ3n) is 3.41. The van der Waals surface area contributed by atoms with Crippen molar-refractivity contribution in [1.82, 2.24) is 9.78 Å². The zero-order valence-corrected chi connectivity index (χ0v) is 11.4. The van der Waals surface area contributed by atoms with E-state index in [1.165, 1.54) is 11.3 Å². The van der Waals surface area contributed by atoms with Crippen molar-refractivity contribution in [3.05, 3.63) is 29.1 Å². The minimum Gasteiger partial charge on any atom is -0.389 e. The monoisotopic (exact) mass is 234 g/mol. The summed E-state index contributed by atoms with van der Waals surface area (Å²) in [7, 11) is 0. The van der Waals surface area contributed by atoms with E-state index in [1.807, 2.05) is 6.08 Å². The van der Waals surface area contributed by atoms with Gasteiger partial charge < -0.3 is 5.11 Å². The molecule has 0 saturated heterocycles. The first kappa shape index (κ1) is 12.4. The Bertz CT molecular complexity index is 452. The quantitative estimate of drug-likeness (QED) is 0.759. The Balaban J connectivity index is 2.43. The number of hydrogen-bond acceptors (Lipinski definition) is 2. The predicted octanol–water partition coefficient (Wildman–Crippen LogP) is 2.66. The fraction of sp³-hybridized carbons (Fsp3) is 0.643. The molecule has 94 valence electrons. The summed E-state index contributed by atoms with van der Waals surface area (Å²) in [6, 6.07) is 0. The molecule has 0 unspecified atom stereocenters. The number of hydrogen-bond donors (Lipinski definition) is 1. The summed E-state index contributed by atoms with van der Waals surface area (Å²) in [6.45, 7) is 10.7. The van der Waals surface area contributed by atoms with Gasteiger partial charge >= 0.3 is 0 Å². The molecule has 0 saturated carbocycles. The lowest BCUT2D eigenvalue weighted by Gasteiger charge is -2.22. The van der Waals surface area contributed by atoms with Crippen LogP contribution >= 0.6 is 0 Å². The van der Waals surface area contributed by atoms with E-state index in [-0.39, 0.29) is 11.6 Å². The van der Waals surface area contributed by atoms with Gasteiger partial charge in [-0.3, -0.25) is 4.68 Å². The van der Waals surface area contributed by atoms with Crippen LogP contribution in [-0.2, 0) is 5.54 Å². The average molecular weight is 234 g/mol. The van der Waals surface area contributed by atoms with Gasteiger partial charge in [-0.05, 0) is 41.0 Å². The molecule has 1 heterocycles. The molecule has 2 atom stereocenters. The second-order valence-corrected chi connectivity index (χ2v) is 5.96. The fourth-order valence-electron chi connectivity index (χ4n) is 2.74. The Morgan fingerprint density at radius 3 is 2.35 bits per heavy atom. The zero-order valence-electron chi connectivity index (χ0n) is 11.4. The highest BCUT2D eigenvalue weighted by Crippen LogP contribution is 2.34. The molecule has 1 aromatic heterocycles. The highest BCUT2D eigenvalue weighted by molar-refractivity contribution is 5.35. The van der Waals surface area contributed by atoms with Crippen molar-refractivity contribution in [2.24, 2.45) is 0 Å². The molecular formula is C14H22N2O. The van der Waals surface area contributed by atoms with Gasteiger partial charge in [0.25, 0.3) is 0 Å². The molecule has 0 aromatic carbocycles. The highest BCUT2D eigenvalue weighted by Gasteiger charge is 2.27. The van der Waals surface area contributed by atoms with Crippen molar-refractivity contribution in [2.75, 3.05) is 0 Å². The van der Waals surface area contributed by atoms with Gasteiger partial charge in [0.2, 0.25) is 0 Å². The molecule has 0 bridgehead atoms. The van der Waals surface area contributed by atoms with Gasteiger partial charge in [0.05, 0.1) is 17.3 Å². The van der Waals surface area contributed by atoms with Crippen LogP contribution in [0.3, 0.4) is 0 Å². The van der Waals surface area contributed by atoms with Gasteiger partial charge in [-0.25, -0.2) is 0 Å². The van der Waals surface area contributed by atoms with Crippen molar-refractivity contribution in [2.45, 2.75) is 58.6 Å². The van der Waals surface area contributed by atoms with Crippen LogP contribution in [0.5, 0.6) is 0 Å². The Labute approximate surface area is 103 Å². The normalized spacial score (nSPS) is 24.6. The molecular weight excluding hydrogens is 212 g/mol. The summed E-state index contributed by atoms with van der Waals surface area (Å²) in [6.07, 6.45) is 4.49. The van der Waals surface area contributed by atoms with Crippen molar-refractivity contribution in [3.8, 4) is 0 Å². The van der Waals surface area contributed by atoms with Crippen molar-refractivity contribution < 1.29 is 5.11 Å². The van der Waals surface area contributed by atoms with E-state index in [0.29, 0.717) is 5.92 Å². The summed E-state index contributed by atoms with van der Waals surface area (Å²) in [5.74, 6) is 0.320. The first-order chi connectivity index (χ1) is 7.80. The van der Waals surface area contributed by atoms with Crippen LogP contribution in [0.1, 0.15) is 50.1 Å². The average Bonchev–Trinajstić information content (AvgIpc) is 2.70. The third kappa shape index (κ3) is 2.16. The van der Waals surface area contributed by atoms with Gasteiger partial charge in [0.15, 0.2) is 0 Å². The Morgan fingerprint density at radius 2 is 1.94 bits per heavy atom. The molecule has 2 rings (SSSR count). The maximum Gasteiger partial charge on any atom is 0.0730 e. The molecule has 1 aromatic rings. The van der Waals surface area contributed by atoms with Gasteiger partial charge in [-0.1, -0.05) is 12.2 Å². The van der Waals surface area contributed by atoms with Gasteiger partial charge in [-0.15, -0.1) is 0 Å². The van der Waals surface area contributed by atoms with E-state index in [9.17, 15) is 5.11 Å². The van der Waals surface area contributed by atoms with E-state index in [0.717, 1.165) is 12.1 Å². The number of aliphatic hydroxyl groups excluding tert-OH is 1. The van der Waals surface area contributed by atoms with Crippen molar-refractivity contribution in [3.63, 3.8) is 0 Å². The largest absolute Gasteiger partial charge is 0.389 e. The Hall–Kier alpha value is -1.09. The molecule has 0 radical (unpaired) electrons.